The van der Waals surface area contributed by atoms with Crippen LogP contribution in [0.3, 0.4) is 0 Å². The Morgan fingerprint density at radius 1 is 1.50 bits per heavy atom. The molecule has 0 bridgehead atoms. The molecule has 0 aromatic heterocycles. The molecule has 0 aromatic rings. The minimum Gasteiger partial charge on any atom is -0.480 e. The van der Waals surface area contributed by atoms with E-state index in [9.17, 15) is 15.0 Å². The van der Waals surface area contributed by atoms with Gasteiger partial charge in [-0.2, -0.15) is 0 Å². The third kappa shape index (κ3) is 3.91. The number of carboxylic acid groups (broad SMARTS) is 1. The first-order valence-corrected chi connectivity index (χ1v) is 6.24. The van der Waals surface area contributed by atoms with E-state index in [0.29, 0.717) is 32.7 Å². The number of hydrogen-bond donors (Lipinski definition) is 2. The van der Waals surface area contributed by atoms with Crippen LogP contribution in [0.25, 0.3) is 0 Å². The van der Waals surface area contributed by atoms with Crippen molar-refractivity contribution in [2.45, 2.75) is 31.4 Å². The van der Waals surface area contributed by atoms with Crippen molar-refractivity contribution in [2.24, 2.45) is 0 Å². The molecule has 0 saturated carbocycles. The van der Waals surface area contributed by atoms with Crippen molar-refractivity contribution in [3.05, 3.63) is 0 Å². The Balaban J connectivity index is 2.34. The lowest BCUT2D eigenvalue weighted by Gasteiger charge is -2.32. The second-order valence-electron chi connectivity index (χ2n) is 4.85. The lowest BCUT2D eigenvalue weighted by atomic mass is 9.99. The molecule has 1 rings (SSSR count). The summed E-state index contributed by atoms with van der Waals surface area (Å²) in [5.74, 6) is -0.826. The Hall–Kier alpha value is -0.690. The highest BCUT2D eigenvalue weighted by molar-refractivity contribution is 5.78. The maximum atomic E-state index is 11.2. The van der Waals surface area contributed by atoms with Crippen molar-refractivity contribution in [3.63, 3.8) is 0 Å². The van der Waals surface area contributed by atoms with Crippen LogP contribution >= 0.6 is 0 Å². The number of rotatable bonds is 8. The van der Waals surface area contributed by atoms with Gasteiger partial charge in [0.15, 0.2) is 0 Å². The predicted octanol–water partition coefficient (Wildman–Crippen LogP) is -0.0506. The number of nitrogens with zero attached hydrogens (tertiary/aromatic N) is 1. The normalized spacial score (nSPS) is 26.4. The number of carbonyl (C=O) groups is 1. The van der Waals surface area contributed by atoms with Gasteiger partial charge < -0.3 is 19.7 Å². The van der Waals surface area contributed by atoms with E-state index in [-0.39, 0.29) is 6.61 Å². The minimum absolute atomic E-state index is 0.204. The van der Waals surface area contributed by atoms with Gasteiger partial charge in [0.05, 0.1) is 25.9 Å². The number of likely N-dealkylation sites (tertiary alicyclic amines) is 1. The molecule has 1 aliphatic rings. The third-order valence-electron chi connectivity index (χ3n) is 3.42. The summed E-state index contributed by atoms with van der Waals surface area (Å²) in [5.41, 5.74) is -0.854. The minimum atomic E-state index is -0.854. The number of methoxy groups -OCH3 is 1. The summed E-state index contributed by atoms with van der Waals surface area (Å²) < 4.78 is 10.1. The molecule has 0 aromatic carbocycles. The molecule has 0 amide bonds. The third-order valence-corrected chi connectivity index (χ3v) is 3.42. The van der Waals surface area contributed by atoms with Crippen LogP contribution in [-0.4, -0.2) is 72.7 Å². The Morgan fingerprint density at radius 3 is 2.83 bits per heavy atom. The number of hydrogen-bond acceptors (Lipinski definition) is 5. The van der Waals surface area contributed by atoms with E-state index >= 15 is 0 Å². The van der Waals surface area contributed by atoms with Gasteiger partial charge in [0.25, 0.3) is 0 Å². The maximum Gasteiger partial charge on any atom is 0.323 e. The molecule has 1 fully saturated rings. The van der Waals surface area contributed by atoms with Crippen molar-refractivity contribution in [3.8, 4) is 0 Å². The highest BCUT2D eigenvalue weighted by Crippen LogP contribution is 2.29. The van der Waals surface area contributed by atoms with Crippen LogP contribution in [0.15, 0.2) is 0 Å². The fourth-order valence-electron chi connectivity index (χ4n) is 2.22. The molecule has 1 saturated heterocycles. The summed E-state index contributed by atoms with van der Waals surface area (Å²) in [4.78, 5) is 13.1. The molecule has 106 valence electrons. The van der Waals surface area contributed by atoms with Crippen LogP contribution in [0.4, 0.5) is 0 Å². The first-order valence-electron chi connectivity index (χ1n) is 6.24. The predicted molar refractivity (Wildman–Crippen MR) is 65.5 cm³/mol. The summed E-state index contributed by atoms with van der Waals surface area (Å²) in [6.07, 6.45) is 0.804. The molecule has 0 aliphatic carbocycles. The lowest BCUT2D eigenvalue weighted by Crippen LogP contribution is -2.51. The van der Waals surface area contributed by atoms with E-state index in [0.717, 1.165) is 6.42 Å². The summed E-state index contributed by atoms with van der Waals surface area (Å²) in [6.45, 7) is 3.87. The Kier molecular flexibility index (Phi) is 6.01. The lowest BCUT2D eigenvalue weighted by molar-refractivity contribution is -0.149. The quantitative estimate of drug-likeness (QED) is 0.596. The van der Waals surface area contributed by atoms with Crippen LogP contribution in [0.5, 0.6) is 0 Å². The monoisotopic (exact) mass is 261 g/mol. The largest absolute Gasteiger partial charge is 0.480 e. The molecule has 6 heteroatoms. The molecule has 18 heavy (non-hydrogen) atoms. The van der Waals surface area contributed by atoms with Crippen LogP contribution in [0.2, 0.25) is 0 Å². The fourth-order valence-corrected chi connectivity index (χ4v) is 2.22. The maximum absolute atomic E-state index is 11.2. The van der Waals surface area contributed by atoms with Crippen molar-refractivity contribution < 1.29 is 24.5 Å². The van der Waals surface area contributed by atoms with Crippen LogP contribution < -0.4 is 0 Å². The molecule has 6 nitrogen and oxygen atoms in total. The number of ether oxygens (including phenoxy) is 2. The first-order chi connectivity index (χ1) is 8.50. The topological polar surface area (TPSA) is 79.2 Å². The van der Waals surface area contributed by atoms with Crippen LogP contribution in [0, 0.1) is 0 Å². The van der Waals surface area contributed by atoms with Gasteiger partial charge in [-0.05, 0) is 26.3 Å². The zero-order valence-corrected chi connectivity index (χ0v) is 11.1. The molecular weight excluding hydrogens is 238 g/mol. The molecule has 0 spiro atoms. The number of β-amino-alcohol motifs (C(OH)–C–C–N with tert-alkyl or cyclic N) is 1. The van der Waals surface area contributed by atoms with E-state index in [1.54, 1.807) is 14.0 Å². The van der Waals surface area contributed by atoms with Gasteiger partial charge in [-0.3, -0.25) is 9.69 Å². The van der Waals surface area contributed by atoms with E-state index in [2.05, 4.69) is 0 Å². The van der Waals surface area contributed by atoms with Crippen LogP contribution in [-0.2, 0) is 14.3 Å². The fraction of sp³-hybridized carbons (Fsp3) is 0.917. The van der Waals surface area contributed by atoms with Gasteiger partial charge in [-0.25, -0.2) is 0 Å². The standard InChI is InChI=1S/C12H23NO5/c1-12(11(15)16)4-3-5-13(12)8-10(14)9-18-7-6-17-2/h10,14H,3-9H2,1-2H3,(H,15,16). The number of aliphatic carboxylic acids is 1. The second-order valence-corrected chi connectivity index (χ2v) is 4.85. The molecule has 0 radical (unpaired) electrons. The van der Waals surface area contributed by atoms with Crippen molar-refractivity contribution in [2.75, 3.05) is 40.0 Å². The van der Waals surface area contributed by atoms with Crippen molar-refractivity contribution >= 4 is 5.97 Å². The molecule has 2 N–H and O–H groups in total. The molecule has 1 heterocycles. The van der Waals surface area contributed by atoms with Gasteiger partial charge in [-0.15, -0.1) is 0 Å². The highest BCUT2D eigenvalue weighted by Gasteiger charge is 2.43. The van der Waals surface area contributed by atoms with E-state index in [1.807, 2.05) is 4.90 Å². The molecule has 2 unspecified atom stereocenters. The Bertz CT molecular complexity index is 273. The summed E-state index contributed by atoms with van der Waals surface area (Å²) in [5, 5.41) is 19.1. The zero-order chi connectivity index (χ0) is 13.6. The Morgan fingerprint density at radius 2 is 2.22 bits per heavy atom. The number of aliphatic hydroxyl groups is 1. The highest BCUT2D eigenvalue weighted by atomic mass is 16.5. The number of carboxylic acids is 1. The van der Waals surface area contributed by atoms with Crippen LogP contribution in [0.1, 0.15) is 19.8 Å². The molecule has 2 atom stereocenters. The van der Waals surface area contributed by atoms with E-state index < -0.39 is 17.6 Å². The zero-order valence-electron chi connectivity index (χ0n) is 11.1. The average molecular weight is 261 g/mol. The Labute approximate surface area is 107 Å². The van der Waals surface area contributed by atoms with E-state index in [1.165, 1.54) is 0 Å². The average Bonchev–Trinajstić information content (AvgIpc) is 2.68. The van der Waals surface area contributed by atoms with Gasteiger partial charge in [0.2, 0.25) is 0 Å². The smallest absolute Gasteiger partial charge is 0.323 e. The summed E-state index contributed by atoms with van der Waals surface area (Å²) >= 11 is 0. The van der Waals surface area contributed by atoms with Gasteiger partial charge >= 0.3 is 5.97 Å². The van der Waals surface area contributed by atoms with Gasteiger partial charge in [-0.1, -0.05) is 0 Å². The second kappa shape index (κ2) is 7.04. The van der Waals surface area contributed by atoms with Gasteiger partial charge in [0, 0.05) is 13.7 Å². The van der Waals surface area contributed by atoms with Gasteiger partial charge in [0.1, 0.15) is 5.54 Å². The first kappa shape index (κ1) is 15.4. The van der Waals surface area contributed by atoms with E-state index in [4.69, 9.17) is 9.47 Å². The number of aliphatic hydroxyl groups excluding tert-OH is 1. The summed E-state index contributed by atoms with van der Waals surface area (Å²) in [7, 11) is 1.59. The van der Waals surface area contributed by atoms with Crippen molar-refractivity contribution in [1.82, 2.24) is 4.90 Å². The summed E-state index contributed by atoms with van der Waals surface area (Å²) in [6, 6.07) is 0. The molecular formula is C12H23NO5. The SMILES string of the molecule is COCCOCC(O)CN1CCCC1(C)C(=O)O. The molecule has 1 aliphatic heterocycles. The van der Waals surface area contributed by atoms with Crippen molar-refractivity contribution in [1.29, 1.82) is 0 Å².